The third-order valence-corrected chi connectivity index (χ3v) is 5.09. The molecular weight excluding hydrogens is 330 g/mol. The van der Waals surface area contributed by atoms with E-state index in [-0.39, 0.29) is 18.0 Å². The predicted octanol–water partition coefficient (Wildman–Crippen LogP) is 0.829. The second-order valence-electron chi connectivity index (χ2n) is 5.34. The monoisotopic (exact) mass is 349 g/mol. The van der Waals surface area contributed by atoms with Gasteiger partial charge in [-0.2, -0.15) is 0 Å². The molecule has 0 radical (unpaired) electrons. The maximum absolute atomic E-state index is 12.0. The van der Waals surface area contributed by atoms with Crippen molar-refractivity contribution >= 4 is 15.8 Å². The molecule has 8 nitrogen and oxygen atoms in total. The molecule has 0 unspecified atom stereocenters. The molecule has 1 aliphatic heterocycles. The molecule has 1 saturated heterocycles. The fourth-order valence-electron chi connectivity index (χ4n) is 2.45. The van der Waals surface area contributed by atoms with Crippen LogP contribution in [0.15, 0.2) is 41.8 Å². The third kappa shape index (κ3) is 4.18. The molecule has 0 bridgehead atoms. The van der Waals surface area contributed by atoms with Crippen molar-refractivity contribution < 1.29 is 13.2 Å². The van der Waals surface area contributed by atoms with Crippen molar-refractivity contribution in [3.63, 3.8) is 0 Å². The lowest BCUT2D eigenvalue weighted by atomic mass is 10.4. The minimum absolute atomic E-state index is 0.128. The van der Waals surface area contributed by atoms with E-state index in [2.05, 4.69) is 24.6 Å². The van der Waals surface area contributed by atoms with Crippen molar-refractivity contribution in [2.24, 2.45) is 0 Å². The summed E-state index contributed by atoms with van der Waals surface area (Å²) in [6, 6.07) is 4.84. The lowest BCUT2D eigenvalue weighted by molar-refractivity contribution is 0.310. The molecule has 0 amide bonds. The topological polar surface area (TPSA) is 97.3 Å². The molecule has 128 valence electrons. The van der Waals surface area contributed by atoms with Crippen molar-refractivity contribution in [3.05, 3.63) is 36.9 Å². The molecule has 1 N–H and O–H groups in total. The SMILES string of the molecule is O=S(=O)(NCCOc1cc(N2CCCC2)ncn1)c1cccnc1. The Morgan fingerprint density at radius 3 is 2.83 bits per heavy atom. The summed E-state index contributed by atoms with van der Waals surface area (Å²) in [6.45, 7) is 2.29. The molecule has 2 aromatic heterocycles. The zero-order valence-electron chi connectivity index (χ0n) is 13.1. The Kier molecular flexibility index (Phi) is 5.21. The highest BCUT2D eigenvalue weighted by atomic mass is 32.2. The number of sulfonamides is 1. The van der Waals surface area contributed by atoms with Crippen LogP contribution in [0.2, 0.25) is 0 Å². The number of pyridine rings is 1. The van der Waals surface area contributed by atoms with Crippen molar-refractivity contribution in [3.8, 4) is 5.88 Å². The maximum atomic E-state index is 12.0. The number of aromatic nitrogens is 3. The van der Waals surface area contributed by atoms with Gasteiger partial charge in [-0.1, -0.05) is 0 Å². The first-order valence-electron chi connectivity index (χ1n) is 7.75. The van der Waals surface area contributed by atoms with E-state index in [9.17, 15) is 8.42 Å². The number of ether oxygens (including phenoxy) is 1. The van der Waals surface area contributed by atoms with Crippen LogP contribution in [0.3, 0.4) is 0 Å². The number of hydrogen-bond acceptors (Lipinski definition) is 7. The summed E-state index contributed by atoms with van der Waals surface area (Å²) in [5.74, 6) is 1.28. The number of nitrogens with zero attached hydrogens (tertiary/aromatic N) is 4. The minimum Gasteiger partial charge on any atom is -0.476 e. The van der Waals surface area contributed by atoms with Gasteiger partial charge in [-0.15, -0.1) is 0 Å². The molecule has 2 aromatic rings. The van der Waals surface area contributed by atoms with Crippen LogP contribution >= 0.6 is 0 Å². The van der Waals surface area contributed by atoms with E-state index in [1.807, 2.05) is 0 Å². The average Bonchev–Trinajstić information content (AvgIpc) is 3.15. The molecule has 0 aromatic carbocycles. The normalized spacial score (nSPS) is 14.8. The zero-order valence-corrected chi connectivity index (χ0v) is 13.9. The molecule has 3 rings (SSSR count). The molecule has 24 heavy (non-hydrogen) atoms. The molecule has 3 heterocycles. The molecular formula is C15H19N5O3S. The van der Waals surface area contributed by atoms with Gasteiger partial charge in [-0.25, -0.2) is 23.1 Å². The van der Waals surface area contributed by atoms with Crippen molar-refractivity contribution in [1.82, 2.24) is 19.7 Å². The van der Waals surface area contributed by atoms with Gasteiger partial charge in [-0.3, -0.25) is 4.98 Å². The summed E-state index contributed by atoms with van der Waals surface area (Å²) >= 11 is 0. The van der Waals surface area contributed by atoms with Gasteiger partial charge >= 0.3 is 0 Å². The quantitative estimate of drug-likeness (QED) is 0.739. The second-order valence-corrected chi connectivity index (χ2v) is 7.11. The lowest BCUT2D eigenvalue weighted by Crippen LogP contribution is -2.28. The van der Waals surface area contributed by atoms with Crippen molar-refractivity contribution in [1.29, 1.82) is 0 Å². The van der Waals surface area contributed by atoms with Crippen LogP contribution in [0.1, 0.15) is 12.8 Å². The van der Waals surface area contributed by atoms with Gasteiger partial charge in [0.05, 0.1) is 0 Å². The summed E-state index contributed by atoms with van der Waals surface area (Å²) in [4.78, 5) is 14.4. The average molecular weight is 349 g/mol. The van der Waals surface area contributed by atoms with Crippen LogP contribution in [0, 0.1) is 0 Å². The fraction of sp³-hybridized carbons (Fsp3) is 0.400. The fourth-order valence-corrected chi connectivity index (χ4v) is 3.43. The summed E-state index contributed by atoms with van der Waals surface area (Å²) in [5.41, 5.74) is 0. The Morgan fingerprint density at radius 2 is 2.08 bits per heavy atom. The number of rotatable bonds is 7. The van der Waals surface area contributed by atoms with Gasteiger partial charge in [0.25, 0.3) is 0 Å². The standard InChI is InChI=1S/C15H19N5O3S/c21-24(22,13-4-3-5-16-11-13)19-6-9-23-15-10-14(17-12-18-15)20-7-1-2-8-20/h3-5,10-12,19H,1-2,6-9H2. The first-order chi connectivity index (χ1) is 11.6. The van der Waals surface area contributed by atoms with E-state index in [0.29, 0.717) is 5.88 Å². The van der Waals surface area contributed by atoms with Crippen molar-refractivity contribution in [2.75, 3.05) is 31.1 Å². The van der Waals surface area contributed by atoms with Gasteiger partial charge in [0.1, 0.15) is 23.6 Å². The Balaban J connectivity index is 1.51. The van der Waals surface area contributed by atoms with Crippen LogP contribution in [-0.2, 0) is 10.0 Å². The Hall–Kier alpha value is -2.26. The van der Waals surface area contributed by atoms with Crippen molar-refractivity contribution in [2.45, 2.75) is 17.7 Å². The lowest BCUT2D eigenvalue weighted by Gasteiger charge is -2.16. The van der Waals surface area contributed by atoms with E-state index in [0.717, 1.165) is 31.7 Å². The minimum atomic E-state index is -3.57. The highest BCUT2D eigenvalue weighted by Gasteiger charge is 2.15. The van der Waals surface area contributed by atoms with E-state index < -0.39 is 10.0 Å². The van der Waals surface area contributed by atoms with Crippen LogP contribution in [0.4, 0.5) is 5.82 Å². The smallest absolute Gasteiger partial charge is 0.242 e. The van der Waals surface area contributed by atoms with E-state index in [1.165, 1.54) is 24.8 Å². The van der Waals surface area contributed by atoms with Gasteiger partial charge in [0, 0.05) is 38.1 Å². The first kappa shape index (κ1) is 16.6. The maximum Gasteiger partial charge on any atom is 0.242 e. The molecule has 1 aliphatic rings. The number of hydrogen-bond donors (Lipinski definition) is 1. The zero-order chi connectivity index (χ0) is 16.8. The summed E-state index contributed by atoms with van der Waals surface area (Å²) < 4.78 is 32.1. The number of nitrogens with one attached hydrogen (secondary N) is 1. The van der Waals surface area contributed by atoms with E-state index in [4.69, 9.17) is 4.74 Å². The van der Waals surface area contributed by atoms with Crippen LogP contribution in [0.25, 0.3) is 0 Å². The van der Waals surface area contributed by atoms with Crippen LogP contribution in [-0.4, -0.2) is 49.6 Å². The molecule has 0 spiro atoms. The Morgan fingerprint density at radius 1 is 1.25 bits per heavy atom. The largest absolute Gasteiger partial charge is 0.476 e. The third-order valence-electron chi connectivity index (χ3n) is 3.65. The Labute approximate surface area is 141 Å². The highest BCUT2D eigenvalue weighted by Crippen LogP contribution is 2.20. The predicted molar refractivity (Wildman–Crippen MR) is 88.4 cm³/mol. The van der Waals surface area contributed by atoms with Crippen LogP contribution in [0.5, 0.6) is 5.88 Å². The van der Waals surface area contributed by atoms with Gasteiger partial charge < -0.3 is 9.64 Å². The van der Waals surface area contributed by atoms with Crippen LogP contribution < -0.4 is 14.4 Å². The molecule has 1 fully saturated rings. The van der Waals surface area contributed by atoms with Gasteiger partial charge in [0.2, 0.25) is 15.9 Å². The summed E-state index contributed by atoms with van der Waals surface area (Å²) in [7, 11) is -3.57. The molecule has 0 aliphatic carbocycles. The molecule has 9 heteroatoms. The number of anilines is 1. The van der Waals surface area contributed by atoms with Gasteiger partial charge in [-0.05, 0) is 25.0 Å². The highest BCUT2D eigenvalue weighted by molar-refractivity contribution is 7.89. The molecule has 0 atom stereocenters. The summed E-state index contributed by atoms with van der Waals surface area (Å²) in [6.07, 6.45) is 6.61. The molecule has 0 saturated carbocycles. The first-order valence-corrected chi connectivity index (χ1v) is 9.23. The second kappa shape index (κ2) is 7.54. The van der Waals surface area contributed by atoms with Gasteiger partial charge in [0.15, 0.2) is 0 Å². The summed E-state index contributed by atoms with van der Waals surface area (Å²) in [5, 5.41) is 0. The van der Waals surface area contributed by atoms with E-state index >= 15 is 0 Å². The Bertz CT molecular complexity index is 764. The van der Waals surface area contributed by atoms with E-state index in [1.54, 1.807) is 12.1 Å².